The zero-order valence-corrected chi connectivity index (χ0v) is 8.19. The minimum absolute atomic E-state index is 0.329. The summed E-state index contributed by atoms with van der Waals surface area (Å²) < 4.78 is 0. The second-order valence-electron chi connectivity index (χ2n) is 3.76. The van der Waals surface area contributed by atoms with Crippen LogP contribution in [0.2, 0.25) is 0 Å². The third-order valence-corrected chi connectivity index (χ3v) is 3.73. The molecule has 0 unspecified atom stereocenters. The molecule has 1 aromatic rings. The van der Waals surface area contributed by atoms with Gasteiger partial charge in [-0.05, 0) is 18.8 Å². The Balaban J connectivity index is 2.30. The molecule has 0 aliphatic heterocycles. The van der Waals surface area contributed by atoms with Gasteiger partial charge in [0.2, 0.25) is 5.13 Å². The number of aromatic nitrogens is 2. The largest absolute Gasteiger partial charge is 0.374 e. The van der Waals surface area contributed by atoms with E-state index < -0.39 is 0 Å². The molecule has 2 rings (SSSR count). The molecule has 0 amide bonds. The molecule has 0 bridgehead atoms. The van der Waals surface area contributed by atoms with E-state index in [9.17, 15) is 0 Å². The van der Waals surface area contributed by atoms with Gasteiger partial charge in [0, 0.05) is 5.41 Å². The molecule has 1 saturated carbocycles. The summed E-state index contributed by atoms with van der Waals surface area (Å²) in [6, 6.07) is 0. The van der Waals surface area contributed by atoms with Gasteiger partial charge in [-0.25, -0.2) is 0 Å². The first kappa shape index (κ1) is 7.98. The van der Waals surface area contributed by atoms with Gasteiger partial charge in [-0.1, -0.05) is 25.2 Å². The van der Waals surface area contributed by atoms with Crippen molar-refractivity contribution >= 4 is 16.5 Å². The Kier molecular flexibility index (Phi) is 1.61. The van der Waals surface area contributed by atoms with Crippen LogP contribution in [-0.4, -0.2) is 10.2 Å². The monoisotopic (exact) mass is 183 g/mol. The standard InChI is InChI=1S/C8H13N3S/c1-5(2)8(3-4-8)6-10-11-7(9)12-6/h5H,3-4H2,1-2H3,(H2,9,11). The third kappa shape index (κ3) is 1.02. The van der Waals surface area contributed by atoms with Gasteiger partial charge in [0.25, 0.3) is 0 Å². The maximum absolute atomic E-state index is 5.55. The van der Waals surface area contributed by atoms with Crippen LogP contribution in [-0.2, 0) is 5.41 Å². The topological polar surface area (TPSA) is 51.8 Å². The Morgan fingerprint density at radius 1 is 1.42 bits per heavy atom. The molecule has 2 N–H and O–H groups in total. The van der Waals surface area contributed by atoms with Crippen molar-refractivity contribution in [3.63, 3.8) is 0 Å². The number of anilines is 1. The molecule has 1 fully saturated rings. The number of nitrogens with two attached hydrogens (primary N) is 1. The fourth-order valence-electron chi connectivity index (χ4n) is 1.61. The average molecular weight is 183 g/mol. The van der Waals surface area contributed by atoms with Crippen LogP contribution in [0.1, 0.15) is 31.7 Å². The van der Waals surface area contributed by atoms with Gasteiger partial charge in [0.05, 0.1) is 0 Å². The quantitative estimate of drug-likeness (QED) is 0.760. The van der Waals surface area contributed by atoms with Gasteiger partial charge in [0.15, 0.2) is 0 Å². The summed E-state index contributed by atoms with van der Waals surface area (Å²) >= 11 is 1.54. The van der Waals surface area contributed by atoms with Crippen LogP contribution in [0.15, 0.2) is 0 Å². The number of nitrogens with zero attached hydrogens (tertiary/aromatic N) is 2. The van der Waals surface area contributed by atoms with E-state index in [1.807, 2.05) is 0 Å². The van der Waals surface area contributed by atoms with E-state index in [-0.39, 0.29) is 0 Å². The van der Waals surface area contributed by atoms with Gasteiger partial charge in [-0.3, -0.25) is 0 Å². The molecule has 0 spiro atoms. The van der Waals surface area contributed by atoms with Crippen molar-refractivity contribution in [2.24, 2.45) is 5.92 Å². The number of hydrogen-bond acceptors (Lipinski definition) is 4. The van der Waals surface area contributed by atoms with E-state index in [1.165, 1.54) is 12.8 Å². The first-order valence-electron chi connectivity index (χ1n) is 4.24. The summed E-state index contributed by atoms with van der Waals surface area (Å²) in [5.74, 6) is 0.657. The van der Waals surface area contributed by atoms with Gasteiger partial charge in [-0.15, -0.1) is 10.2 Å². The summed E-state index contributed by atoms with van der Waals surface area (Å²) in [6.45, 7) is 4.48. The van der Waals surface area contributed by atoms with Crippen LogP contribution >= 0.6 is 11.3 Å². The molecule has 1 aliphatic carbocycles. The first-order valence-corrected chi connectivity index (χ1v) is 5.06. The highest BCUT2D eigenvalue weighted by Gasteiger charge is 2.49. The Morgan fingerprint density at radius 2 is 2.08 bits per heavy atom. The fraction of sp³-hybridized carbons (Fsp3) is 0.750. The number of rotatable bonds is 2. The highest BCUT2D eigenvalue weighted by Crippen LogP contribution is 2.54. The lowest BCUT2D eigenvalue weighted by Crippen LogP contribution is -2.14. The zero-order valence-electron chi connectivity index (χ0n) is 7.37. The molecule has 0 atom stereocenters. The molecule has 0 aromatic carbocycles. The molecule has 4 heteroatoms. The van der Waals surface area contributed by atoms with Gasteiger partial charge < -0.3 is 5.73 Å². The summed E-state index contributed by atoms with van der Waals surface area (Å²) in [6.07, 6.45) is 2.50. The lowest BCUT2D eigenvalue weighted by molar-refractivity contribution is 0.476. The Morgan fingerprint density at radius 3 is 2.42 bits per heavy atom. The van der Waals surface area contributed by atoms with Crippen molar-refractivity contribution in [2.75, 3.05) is 5.73 Å². The smallest absolute Gasteiger partial charge is 0.203 e. The summed E-state index contributed by atoms with van der Waals surface area (Å²) in [5, 5.41) is 9.69. The predicted molar refractivity (Wildman–Crippen MR) is 50.1 cm³/mol. The minimum atomic E-state index is 0.329. The van der Waals surface area contributed by atoms with Crippen molar-refractivity contribution in [1.29, 1.82) is 0 Å². The fourth-order valence-corrected chi connectivity index (χ4v) is 2.61. The predicted octanol–water partition coefficient (Wildman–Crippen LogP) is 1.81. The van der Waals surface area contributed by atoms with Crippen LogP contribution in [0.25, 0.3) is 0 Å². The number of nitrogen functional groups attached to an aromatic ring is 1. The lowest BCUT2D eigenvalue weighted by atomic mass is 9.93. The summed E-state index contributed by atoms with van der Waals surface area (Å²) in [7, 11) is 0. The van der Waals surface area contributed by atoms with E-state index in [4.69, 9.17) is 5.73 Å². The highest BCUT2D eigenvalue weighted by molar-refractivity contribution is 7.15. The van der Waals surface area contributed by atoms with Crippen molar-refractivity contribution < 1.29 is 0 Å². The second kappa shape index (κ2) is 2.42. The van der Waals surface area contributed by atoms with Crippen molar-refractivity contribution in [3.05, 3.63) is 5.01 Å². The molecule has 1 aliphatic rings. The second-order valence-corrected chi connectivity index (χ2v) is 4.77. The van der Waals surface area contributed by atoms with Crippen LogP contribution in [0.4, 0.5) is 5.13 Å². The summed E-state index contributed by atoms with van der Waals surface area (Å²) in [4.78, 5) is 0. The number of hydrogen-bond donors (Lipinski definition) is 1. The van der Waals surface area contributed by atoms with E-state index in [0.29, 0.717) is 16.5 Å². The molecule has 1 heterocycles. The molecular weight excluding hydrogens is 170 g/mol. The maximum atomic E-state index is 5.55. The Hall–Kier alpha value is -0.640. The SMILES string of the molecule is CC(C)C1(c2nnc(N)s2)CC1. The summed E-state index contributed by atoms with van der Waals surface area (Å²) in [5.41, 5.74) is 5.88. The van der Waals surface area contributed by atoms with Crippen LogP contribution in [0.5, 0.6) is 0 Å². The minimum Gasteiger partial charge on any atom is -0.374 e. The molecule has 3 nitrogen and oxygen atoms in total. The van der Waals surface area contributed by atoms with Crippen LogP contribution in [0, 0.1) is 5.92 Å². The van der Waals surface area contributed by atoms with Gasteiger partial charge in [0.1, 0.15) is 5.01 Å². The van der Waals surface area contributed by atoms with E-state index in [1.54, 1.807) is 11.3 Å². The molecule has 1 aromatic heterocycles. The van der Waals surface area contributed by atoms with Crippen molar-refractivity contribution in [3.8, 4) is 0 Å². The van der Waals surface area contributed by atoms with Gasteiger partial charge >= 0.3 is 0 Å². The maximum Gasteiger partial charge on any atom is 0.203 e. The normalized spacial score (nSPS) is 19.9. The van der Waals surface area contributed by atoms with Crippen LogP contribution < -0.4 is 5.73 Å². The molecular formula is C8H13N3S. The third-order valence-electron chi connectivity index (χ3n) is 2.76. The lowest BCUT2D eigenvalue weighted by Gasteiger charge is -2.14. The van der Waals surface area contributed by atoms with Gasteiger partial charge in [-0.2, -0.15) is 0 Å². The average Bonchev–Trinajstić information content (AvgIpc) is 2.71. The van der Waals surface area contributed by atoms with E-state index >= 15 is 0 Å². The van der Waals surface area contributed by atoms with Crippen LogP contribution in [0.3, 0.4) is 0 Å². The van der Waals surface area contributed by atoms with Crippen molar-refractivity contribution in [1.82, 2.24) is 10.2 Å². The first-order chi connectivity index (χ1) is 5.65. The Labute approximate surface area is 76.0 Å². The van der Waals surface area contributed by atoms with E-state index in [0.717, 1.165) is 5.01 Å². The molecule has 12 heavy (non-hydrogen) atoms. The van der Waals surface area contributed by atoms with E-state index in [2.05, 4.69) is 24.0 Å². The Bertz CT molecular complexity index is 288. The zero-order chi connectivity index (χ0) is 8.77. The highest BCUT2D eigenvalue weighted by atomic mass is 32.1. The van der Waals surface area contributed by atoms with Crippen molar-refractivity contribution in [2.45, 2.75) is 32.1 Å². The molecule has 0 radical (unpaired) electrons. The molecule has 0 saturated heterocycles. The molecule has 66 valence electrons.